The summed E-state index contributed by atoms with van der Waals surface area (Å²) < 4.78 is 12.4. The molecule has 0 unspecified atom stereocenters. The minimum atomic E-state index is 0.184. The molecule has 0 heterocycles. The fraction of sp³-hybridized carbons (Fsp3) is 0.417. The Labute approximate surface area is 118 Å². The number of hydrogen-bond acceptors (Lipinski definition) is 3. The molecule has 1 aromatic rings. The number of benzene rings is 1. The van der Waals surface area contributed by atoms with Gasteiger partial charge in [-0.2, -0.15) is 0 Å². The third kappa shape index (κ3) is 4.68. The molecule has 0 N–H and O–H groups in total. The van der Waals surface area contributed by atoms with Gasteiger partial charge in [-0.3, -0.25) is 0 Å². The molecular formula is C12H14Br2O3. The number of carbonyl (C=O) groups excluding carboxylic acids is 1. The molecule has 0 aliphatic carbocycles. The summed E-state index contributed by atoms with van der Waals surface area (Å²) >= 11 is 6.80. The number of ether oxygens (including phenoxy) is 2. The average molecular weight is 366 g/mol. The minimum absolute atomic E-state index is 0.184. The van der Waals surface area contributed by atoms with Gasteiger partial charge in [-0.1, -0.05) is 0 Å². The Balaban J connectivity index is 2.59. The Morgan fingerprint density at radius 3 is 2.41 bits per heavy atom. The predicted octanol–water partition coefficient (Wildman–Crippen LogP) is 3.97. The van der Waals surface area contributed by atoms with Crippen LogP contribution in [0.25, 0.3) is 0 Å². The van der Waals surface area contributed by atoms with Gasteiger partial charge in [0.1, 0.15) is 17.3 Å². The van der Waals surface area contributed by atoms with Crippen molar-refractivity contribution in [1.82, 2.24) is 0 Å². The van der Waals surface area contributed by atoms with Crippen LogP contribution in [0, 0.1) is 0 Å². The van der Waals surface area contributed by atoms with Crippen LogP contribution in [0.5, 0.6) is 11.5 Å². The normalized spacial score (nSPS) is 10.1. The maximum Gasteiger partial charge on any atom is 0.134 e. The van der Waals surface area contributed by atoms with Crippen molar-refractivity contribution in [1.29, 1.82) is 0 Å². The van der Waals surface area contributed by atoms with Crippen molar-refractivity contribution >= 4 is 37.6 Å². The second-order valence-electron chi connectivity index (χ2n) is 3.57. The lowest BCUT2D eigenvalue weighted by Gasteiger charge is -2.10. The summed E-state index contributed by atoms with van der Waals surface area (Å²) in [6.45, 7) is 2.11. The van der Waals surface area contributed by atoms with Crippen LogP contribution in [-0.4, -0.2) is 19.5 Å². The molecule has 0 radical (unpaired) electrons. The molecule has 94 valence electrons. The predicted molar refractivity (Wildman–Crippen MR) is 73.8 cm³/mol. The number of Topliss-reactive ketones (excluding diaryl/α,β-unsaturated/α-hetero) is 1. The van der Waals surface area contributed by atoms with Gasteiger partial charge in [0.05, 0.1) is 22.7 Å². The van der Waals surface area contributed by atoms with Crippen LogP contribution in [-0.2, 0) is 4.79 Å². The van der Waals surface area contributed by atoms with E-state index in [0.717, 1.165) is 26.9 Å². The van der Waals surface area contributed by atoms with Gasteiger partial charge in [-0.05, 0) is 57.3 Å². The Hall–Kier alpha value is -0.550. The Bertz CT molecular complexity index is 405. The van der Waals surface area contributed by atoms with Crippen LogP contribution in [0.15, 0.2) is 21.1 Å². The summed E-state index contributed by atoms with van der Waals surface area (Å²) in [5.74, 6) is 1.66. The van der Waals surface area contributed by atoms with Crippen molar-refractivity contribution in [2.75, 3.05) is 13.7 Å². The van der Waals surface area contributed by atoms with E-state index in [1.165, 1.54) is 0 Å². The van der Waals surface area contributed by atoms with E-state index in [-0.39, 0.29) is 5.78 Å². The first kappa shape index (κ1) is 14.5. The summed E-state index contributed by atoms with van der Waals surface area (Å²) in [5, 5.41) is 0. The van der Waals surface area contributed by atoms with Crippen molar-refractivity contribution in [3.05, 3.63) is 21.1 Å². The smallest absolute Gasteiger partial charge is 0.134 e. The van der Waals surface area contributed by atoms with Crippen LogP contribution in [0.3, 0.4) is 0 Å². The zero-order valence-corrected chi connectivity index (χ0v) is 12.9. The number of hydrogen-bond donors (Lipinski definition) is 0. The molecule has 5 heteroatoms. The standard InChI is InChI=1S/C12H14Br2O3/c1-8(15)4-3-5-17-12-7-9(13)11(16-2)6-10(12)14/h6-7H,3-5H2,1-2H3. The van der Waals surface area contributed by atoms with E-state index in [4.69, 9.17) is 9.47 Å². The van der Waals surface area contributed by atoms with Crippen LogP contribution in [0.1, 0.15) is 19.8 Å². The minimum Gasteiger partial charge on any atom is -0.496 e. The monoisotopic (exact) mass is 364 g/mol. The van der Waals surface area contributed by atoms with Gasteiger partial charge in [-0.15, -0.1) is 0 Å². The molecule has 0 saturated carbocycles. The largest absolute Gasteiger partial charge is 0.496 e. The Morgan fingerprint density at radius 1 is 1.24 bits per heavy atom. The molecule has 0 aliphatic rings. The molecule has 0 bridgehead atoms. The first-order valence-corrected chi connectivity index (χ1v) is 6.78. The fourth-order valence-electron chi connectivity index (χ4n) is 1.28. The van der Waals surface area contributed by atoms with Gasteiger partial charge in [-0.25, -0.2) is 0 Å². The summed E-state index contributed by atoms with van der Waals surface area (Å²) in [7, 11) is 1.61. The number of rotatable bonds is 6. The molecule has 0 saturated heterocycles. The van der Waals surface area contributed by atoms with Crippen LogP contribution < -0.4 is 9.47 Å². The fourth-order valence-corrected chi connectivity index (χ4v) is 2.20. The van der Waals surface area contributed by atoms with Crippen molar-refractivity contribution in [3.63, 3.8) is 0 Å². The molecule has 3 nitrogen and oxygen atoms in total. The quantitative estimate of drug-likeness (QED) is 0.715. The van der Waals surface area contributed by atoms with Gasteiger partial charge in [0.15, 0.2) is 0 Å². The van der Waals surface area contributed by atoms with E-state index in [1.54, 1.807) is 14.0 Å². The zero-order valence-electron chi connectivity index (χ0n) is 9.76. The molecule has 0 aromatic heterocycles. The van der Waals surface area contributed by atoms with Gasteiger partial charge >= 0.3 is 0 Å². The van der Waals surface area contributed by atoms with Crippen molar-refractivity contribution in [2.45, 2.75) is 19.8 Å². The third-order valence-corrected chi connectivity index (χ3v) is 3.38. The zero-order chi connectivity index (χ0) is 12.8. The maximum absolute atomic E-state index is 10.8. The highest BCUT2D eigenvalue weighted by atomic mass is 79.9. The molecule has 17 heavy (non-hydrogen) atoms. The van der Waals surface area contributed by atoms with E-state index < -0.39 is 0 Å². The first-order valence-electron chi connectivity index (χ1n) is 5.20. The SMILES string of the molecule is COc1cc(Br)c(OCCCC(C)=O)cc1Br. The van der Waals surface area contributed by atoms with Gasteiger partial charge in [0, 0.05) is 6.42 Å². The number of ketones is 1. The van der Waals surface area contributed by atoms with Crippen molar-refractivity contribution < 1.29 is 14.3 Å². The number of methoxy groups -OCH3 is 1. The summed E-state index contributed by atoms with van der Waals surface area (Å²) in [4.78, 5) is 10.8. The number of carbonyl (C=O) groups is 1. The first-order chi connectivity index (χ1) is 8.04. The average Bonchev–Trinajstić information content (AvgIpc) is 2.28. The van der Waals surface area contributed by atoms with Gasteiger partial charge in [0.25, 0.3) is 0 Å². The van der Waals surface area contributed by atoms with Gasteiger partial charge < -0.3 is 14.3 Å². The molecule has 1 aromatic carbocycles. The van der Waals surface area contributed by atoms with Crippen LogP contribution >= 0.6 is 31.9 Å². The Kier molecular flexibility index (Phi) is 5.98. The van der Waals surface area contributed by atoms with Crippen LogP contribution in [0.2, 0.25) is 0 Å². The summed E-state index contributed by atoms with van der Waals surface area (Å²) in [6, 6.07) is 3.68. The molecular weight excluding hydrogens is 352 g/mol. The van der Waals surface area contributed by atoms with E-state index >= 15 is 0 Å². The van der Waals surface area contributed by atoms with E-state index in [9.17, 15) is 4.79 Å². The second-order valence-corrected chi connectivity index (χ2v) is 5.28. The van der Waals surface area contributed by atoms with Crippen LogP contribution in [0.4, 0.5) is 0 Å². The summed E-state index contributed by atoms with van der Waals surface area (Å²) in [5.41, 5.74) is 0. The highest BCUT2D eigenvalue weighted by molar-refractivity contribution is 9.11. The highest BCUT2D eigenvalue weighted by Crippen LogP contribution is 2.36. The summed E-state index contributed by atoms with van der Waals surface area (Å²) in [6.07, 6.45) is 1.28. The van der Waals surface area contributed by atoms with Gasteiger partial charge in [0.2, 0.25) is 0 Å². The molecule has 1 rings (SSSR count). The topological polar surface area (TPSA) is 35.5 Å². The van der Waals surface area contributed by atoms with Crippen molar-refractivity contribution in [2.24, 2.45) is 0 Å². The number of halogens is 2. The highest BCUT2D eigenvalue weighted by Gasteiger charge is 2.08. The lowest BCUT2D eigenvalue weighted by Crippen LogP contribution is -2.01. The lowest BCUT2D eigenvalue weighted by atomic mass is 10.2. The van der Waals surface area contributed by atoms with E-state index in [1.807, 2.05) is 12.1 Å². The third-order valence-electron chi connectivity index (χ3n) is 2.14. The van der Waals surface area contributed by atoms with Crippen molar-refractivity contribution in [3.8, 4) is 11.5 Å². The molecule has 0 amide bonds. The molecule has 0 spiro atoms. The molecule has 0 aliphatic heterocycles. The van der Waals surface area contributed by atoms with E-state index in [0.29, 0.717) is 13.0 Å². The lowest BCUT2D eigenvalue weighted by molar-refractivity contribution is -0.117. The molecule has 0 atom stereocenters. The second kappa shape index (κ2) is 7.01. The maximum atomic E-state index is 10.8. The van der Waals surface area contributed by atoms with E-state index in [2.05, 4.69) is 31.9 Å². The Morgan fingerprint density at radius 2 is 1.82 bits per heavy atom. The molecule has 0 fully saturated rings.